The Labute approximate surface area is 134 Å². The lowest BCUT2D eigenvalue weighted by atomic mass is 10.2. The summed E-state index contributed by atoms with van der Waals surface area (Å²) < 4.78 is 13.1. The topological polar surface area (TPSA) is 18.5 Å². The second-order valence-electron chi connectivity index (χ2n) is 7.94. The van der Waals surface area contributed by atoms with Crippen molar-refractivity contribution in [2.24, 2.45) is 0 Å². The van der Waals surface area contributed by atoms with Gasteiger partial charge in [-0.25, -0.2) is 0 Å². The van der Waals surface area contributed by atoms with E-state index in [1.54, 1.807) is 0 Å². The monoisotopic (exact) mass is 328 g/mol. The van der Waals surface area contributed by atoms with Crippen molar-refractivity contribution in [3.05, 3.63) is 12.2 Å². The van der Waals surface area contributed by atoms with Gasteiger partial charge in [0, 0.05) is 6.42 Å². The Kier molecular flexibility index (Phi) is 6.48. The van der Waals surface area contributed by atoms with Crippen LogP contribution in [0.2, 0.25) is 36.3 Å². The molecule has 0 fully saturated rings. The molecule has 1 aliphatic rings. The van der Waals surface area contributed by atoms with Crippen molar-refractivity contribution in [3.63, 3.8) is 0 Å². The Balaban J connectivity index is 2.60. The maximum Gasteiger partial charge on any atom is 0.192 e. The van der Waals surface area contributed by atoms with Crippen LogP contribution in [0.25, 0.3) is 0 Å². The van der Waals surface area contributed by atoms with Crippen molar-refractivity contribution in [1.82, 2.24) is 0 Å². The Morgan fingerprint density at radius 3 is 1.71 bits per heavy atom. The minimum absolute atomic E-state index is 0.258. The molecule has 21 heavy (non-hydrogen) atoms. The van der Waals surface area contributed by atoms with Gasteiger partial charge in [0.1, 0.15) is 0 Å². The minimum atomic E-state index is -1.68. The fourth-order valence-electron chi connectivity index (χ4n) is 2.69. The average molecular weight is 329 g/mol. The molecule has 0 N–H and O–H groups in total. The summed E-state index contributed by atoms with van der Waals surface area (Å²) in [5.74, 6) is 0. The standard InChI is InChI=1S/C17H36O2Si2/c1-9-21(10-2,11-3)19-16-13-12-15(14-16)18-20(7,8)17(4,5)6/h12-13,15-16H,9-11,14H2,1-8H3/t15-,16+/m1/s1. The van der Waals surface area contributed by atoms with Crippen molar-refractivity contribution in [2.75, 3.05) is 0 Å². The van der Waals surface area contributed by atoms with E-state index in [0.29, 0.717) is 0 Å². The lowest BCUT2D eigenvalue weighted by Gasteiger charge is -2.38. The van der Waals surface area contributed by atoms with Crippen molar-refractivity contribution < 1.29 is 8.85 Å². The van der Waals surface area contributed by atoms with E-state index in [-0.39, 0.29) is 17.2 Å². The molecule has 4 heteroatoms. The fourth-order valence-corrected chi connectivity index (χ4v) is 6.79. The quantitative estimate of drug-likeness (QED) is 0.439. The van der Waals surface area contributed by atoms with Gasteiger partial charge in [-0.2, -0.15) is 0 Å². The molecule has 0 aromatic rings. The van der Waals surface area contributed by atoms with Crippen molar-refractivity contribution >= 4 is 16.6 Å². The third kappa shape index (κ3) is 4.78. The molecule has 0 bridgehead atoms. The number of hydrogen-bond acceptors (Lipinski definition) is 2. The lowest BCUT2D eigenvalue weighted by Crippen LogP contribution is -2.44. The van der Waals surface area contributed by atoms with Crippen LogP contribution in [0.3, 0.4) is 0 Å². The van der Waals surface area contributed by atoms with Crippen LogP contribution >= 0.6 is 0 Å². The van der Waals surface area contributed by atoms with E-state index in [0.717, 1.165) is 6.42 Å². The van der Waals surface area contributed by atoms with E-state index < -0.39 is 16.6 Å². The molecule has 2 atom stereocenters. The van der Waals surface area contributed by atoms with Crippen LogP contribution in [0.5, 0.6) is 0 Å². The highest BCUT2D eigenvalue weighted by atomic mass is 28.4. The van der Waals surface area contributed by atoms with Crippen LogP contribution in [0, 0.1) is 0 Å². The van der Waals surface area contributed by atoms with Crippen molar-refractivity contribution in [2.45, 2.75) is 96.4 Å². The van der Waals surface area contributed by atoms with Gasteiger partial charge in [0.25, 0.3) is 0 Å². The summed E-state index contributed by atoms with van der Waals surface area (Å²) in [6.07, 6.45) is 6.05. The highest BCUT2D eigenvalue weighted by Crippen LogP contribution is 2.39. The molecule has 0 unspecified atom stereocenters. The van der Waals surface area contributed by atoms with Crippen LogP contribution in [-0.4, -0.2) is 28.8 Å². The zero-order valence-corrected chi connectivity index (χ0v) is 17.5. The third-order valence-electron chi connectivity index (χ3n) is 5.59. The molecule has 124 valence electrons. The van der Waals surface area contributed by atoms with Crippen LogP contribution < -0.4 is 0 Å². The predicted octanol–water partition coefficient (Wildman–Crippen LogP) is 5.73. The van der Waals surface area contributed by atoms with Crippen LogP contribution in [0.15, 0.2) is 12.2 Å². The van der Waals surface area contributed by atoms with Gasteiger partial charge in [0.05, 0.1) is 12.2 Å². The van der Waals surface area contributed by atoms with Gasteiger partial charge >= 0.3 is 0 Å². The molecule has 2 nitrogen and oxygen atoms in total. The fraction of sp³-hybridized carbons (Fsp3) is 0.882. The normalized spacial score (nSPS) is 23.8. The minimum Gasteiger partial charge on any atom is -0.410 e. The molecule has 0 amide bonds. The highest BCUT2D eigenvalue weighted by Gasteiger charge is 2.40. The molecule has 0 aliphatic heterocycles. The SMILES string of the molecule is CC[Si](CC)(CC)O[C@H]1C=C[C@@H](O[Si](C)(C)C(C)(C)C)C1. The Bertz CT molecular complexity index is 334. The first-order chi connectivity index (χ1) is 9.59. The van der Waals surface area contributed by atoms with E-state index in [4.69, 9.17) is 8.85 Å². The van der Waals surface area contributed by atoms with Gasteiger partial charge in [-0.1, -0.05) is 53.7 Å². The number of hydrogen-bond donors (Lipinski definition) is 0. The maximum absolute atomic E-state index is 6.56. The van der Waals surface area contributed by atoms with Gasteiger partial charge in [0.2, 0.25) is 0 Å². The number of rotatable bonds is 7. The Morgan fingerprint density at radius 2 is 1.33 bits per heavy atom. The van der Waals surface area contributed by atoms with Crippen LogP contribution in [0.1, 0.15) is 48.0 Å². The summed E-state index contributed by atoms with van der Waals surface area (Å²) >= 11 is 0. The van der Waals surface area contributed by atoms with Crippen molar-refractivity contribution in [1.29, 1.82) is 0 Å². The second kappa shape index (κ2) is 7.11. The van der Waals surface area contributed by atoms with Gasteiger partial charge in [-0.05, 0) is 36.3 Å². The molecule has 0 saturated carbocycles. The van der Waals surface area contributed by atoms with Gasteiger partial charge in [-0.3, -0.25) is 0 Å². The molecule has 0 aromatic heterocycles. The first kappa shape index (κ1) is 19.1. The van der Waals surface area contributed by atoms with Gasteiger partial charge in [0.15, 0.2) is 16.6 Å². The van der Waals surface area contributed by atoms with Gasteiger partial charge < -0.3 is 8.85 Å². The molecule has 1 aliphatic carbocycles. The average Bonchev–Trinajstić information content (AvgIpc) is 2.81. The van der Waals surface area contributed by atoms with Crippen LogP contribution in [-0.2, 0) is 8.85 Å². The lowest BCUT2D eigenvalue weighted by molar-refractivity contribution is 0.162. The summed E-state index contributed by atoms with van der Waals surface area (Å²) in [6.45, 7) is 18.4. The molecule has 0 spiro atoms. The first-order valence-electron chi connectivity index (χ1n) is 8.63. The van der Waals surface area contributed by atoms with E-state index in [2.05, 4.69) is 66.8 Å². The summed E-state index contributed by atoms with van der Waals surface area (Å²) in [7, 11) is -3.18. The maximum atomic E-state index is 6.56. The zero-order chi connectivity index (χ0) is 16.3. The molecule has 0 radical (unpaired) electrons. The Morgan fingerprint density at radius 1 is 0.905 bits per heavy atom. The van der Waals surface area contributed by atoms with E-state index in [1.807, 2.05) is 0 Å². The van der Waals surface area contributed by atoms with E-state index in [9.17, 15) is 0 Å². The summed E-state index contributed by atoms with van der Waals surface area (Å²) in [6, 6.07) is 3.66. The molecule has 0 heterocycles. The summed E-state index contributed by atoms with van der Waals surface area (Å²) in [5.41, 5.74) is 0. The van der Waals surface area contributed by atoms with Crippen molar-refractivity contribution in [3.8, 4) is 0 Å². The highest BCUT2D eigenvalue weighted by molar-refractivity contribution is 6.74. The molecular formula is C17H36O2Si2. The largest absolute Gasteiger partial charge is 0.410 e. The smallest absolute Gasteiger partial charge is 0.192 e. The van der Waals surface area contributed by atoms with Gasteiger partial charge in [-0.15, -0.1) is 0 Å². The Hall–Kier alpha value is 0.0938. The second-order valence-corrected chi connectivity index (χ2v) is 17.4. The zero-order valence-electron chi connectivity index (χ0n) is 15.5. The molecule has 1 rings (SSSR count). The summed E-state index contributed by atoms with van der Waals surface area (Å²) in [4.78, 5) is 0. The predicted molar refractivity (Wildman–Crippen MR) is 97.9 cm³/mol. The molecule has 0 saturated heterocycles. The van der Waals surface area contributed by atoms with E-state index in [1.165, 1.54) is 18.1 Å². The third-order valence-corrected chi connectivity index (χ3v) is 14.8. The molecule has 0 aromatic carbocycles. The first-order valence-corrected chi connectivity index (χ1v) is 14.1. The molecular weight excluding hydrogens is 292 g/mol. The van der Waals surface area contributed by atoms with Crippen LogP contribution in [0.4, 0.5) is 0 Å². The summed E-state index contributed by atoms with van der Waals surface area (Å²) in [5, 5.41) is 0.272. The van der Waals surface area contributed by atoms with E-state index >= 15 is 0 Å².